The van der Waals surface area contributed by atoms with Gasteiger partial charge in [-0.15, -0.1) is 0 Å². The van der Waals surface area contributed by atoms with Crippen LogP contribution in [-0.2, 0) is 0 Å². The lowest BCUT2D eigenvalue weighted by Crippen LogP contribution is -2.08. The highest BCUT2D eigenvalue weighted by Gasteiger charge is 2.16. The first-order chi connectivity index (χ1) is 6.07. The van der Waals surface area contributed by atoms with Gasteiger partial charge in [0.05, 0.1) is 11.4 Å². The molecule has 0 unspecified atom stereocenters. The second kappa shape index (κ2) is 3.28. The van der Waals surface area contributed by atoms with Gasteiger partial charge in [0.25, 0.3) is 0 Å². The SMILES string of the molecule is Nc1c(F)ccc(NO)c1C(=O)O. The van der Waals surface area contributed by atoms with Crippen LogP contribution >= 0.6 is 0 Å². The standard InChI is InChI=1S/C7H7FN2O3/c8-3-1-2-4(10-13)5(6(3)9)7(11)12/h1-2,10,13H,9H2,(H,11,12). The van der Waals surface area contributed by atoms with Gasteiger partial charge in [0.1, 0.15) is 11.4 Å². The molecule has 1 aromatic rings. The van der Waals surface area contributed by atoms with E-state index in [9.17, 15) is 9.18 Å². The fourth-order valence-corrected chi connectivity index (χ4v) is 0.918. The molecule has 0 spiro atoms. The van der Waals surface area contributed by atoms with Crippen LogP contribution in [0.5, 0.6) is 0 Å². The number of nitrogen functional groups attached to an aromatic ring is 1. The molecule has 6 heteroatoms. The van der Waals surface area contributed by atoms with Crippen LogP contribution in [0.2, 0.25) is 0 Å². The lowest BCUT2D eigenvalue weighted by atomic mass is 10.1. The molecule has 0 aliphatic rings. The molecule has 0 amide bonds. The van der Waals surface area contributed by atoms with Crippen LogP contribution in [0.15, 0.2) is 12.1 Å². The van der Waals surface area contributed by atoms with Gasteiger partial charge in [-0.1, -0.05) is 0 Å². The largest absolute Gasteiger partial charge is 0.478 e. The number of rotatable bonds is 2. The van der Waals surface area contributed by atoms with Crippen LogP contribution in [0.4, 0.5) is 15.8 Å². The second-order valence-corrected chi connectivity index (χ2v) is 2.30. The normalized spacial score (nSPS) is 9.69. The smallest absolute Gasteiger partial charge is 0.340 e. The van der Waals surface area contributed by atoms with Crippen molar-refractivity contribution in [3.05, 3.63) is 23.5 Å². The maximum atomic E-state index is 12.8. The molecule has 0 heterocycles. The van der Waals surface area contributed by atoms with E-state index in [0.717, 1.165) is 12.1 Å². The summed E-state index contributed by atoms with van der Waals surface area (Å²) in [6, 6.07) is 2.04. The summed E-state index contributed by atoms with van der Waals surface area (Å²) >= 11 is 0. The molecule has 0 aromatic heterocycles. The molecule has 70 valence electrons. The van der Waals surface area contributed by atoms with Crippen molar-refractivity contribution in [3.8, 4) is 0 Å². The van der Waals surface area contributed by atoms with Gasteiger partial charge >= 0.3 is 5.97 Å². The van der Waals surface area contributed by atoms with Crippen molar-refractivity contribution in [3.63, 3.8) is 0 Å². The van der Waals surface area contributed by atoms with Crippen molar-refractivity contribution in [1.82, 2.24) is 0 Å². The fraction of sp³-hybridized carbons (Fsp3) is 0. The van der Waals surface area contributed by atoms with Crippen molar-refractivity contribution in [2.45, 2.75) is 0 Å². The zero-order valence-corrected chi connectivity index (χ0v) is 6.41. The van der Waals surface area contributed by atoms with E-state index in [4.69, 9.17) is 16.0 Å². The minimum atomic E-state index is -1.41. The Hall–Kier alpha value is -1.82. The molecule has 1 aromatic carbocycles. The van der Waals surface area contributed by atoms with Crippen LogP contribution in [0, 0.1) is 5.82 Å². The topological polar surface area (TPSA) is 95.6 Å². The van der Waals surface area contributed by atoms with E-state index in [0.29, 0.717) is 0 Å². The van der Waals surface area contributed by atoms with Crippen LogP contribution in [0.3, 0.4) is 0 Å². The number of anilines is 2. The van der Waals surface area contributed by atoms with E-state index in [1.807, 2.05) is 0 Å². The summed E-state index contributed by atoms with van der Waals surface area (Å²) in [7, 11) is 0. The third kappa shape index (κ3) is 1.52. The first-order valence-electron chi connectivity index (χ1n) is 3.29. The average molecular weight is 186 g/mol. The van der Waals surface area contributed by atoms with Crippen molar-refractivity contribution in [2.24, 2.45) is 0 Å². The number of aromatic carboxylic acids is 1. The van der Waals surface area contributed by atoms with Crippen molar-refractivity contribution in [1.29, 1.82) is 0 Å². The number of nitrogens with two attached hydrogens (primary N) is 1. The van der Waals surface area contributed by atoms with Gasteiger partial charge < -0.3 is 10.8 Å². The third-order valence-electron chi connectivity index (χ3n) is 1.53. The Morgan fingerprint density at radius 2 is 2.15 bits per heavy atom. The quantitative estimate of drug-likeness (QED) is 0.406. The van der Waals surface area contributed by atoms with Gasteiger partial charge in [0, 0.05) is 0 Å². The molecule has 5 nitrogen and oxygen atoms in total. The van der Waals surface area contributed by atoms with Crippen LogP contribution in [-0.4, -0.2) is 16.3 Å². The monoisotopic (exact) mass is 186 g/mol. The highest BCUT2D eigenvalue weighted by atomic mass is 19.1. The fourth-order valence-electron chi connectivity index (χ4n) is 0.918. The maximum Gasteiger partial charge on any atom is 0.340 e. The van der Waals surface area contributed by atoms with E-state index < -0.39 is 23.0 Å². The van der Waals surface area contributed by atoms with Crippen molar-refractivity contribution in [2.75, 3.05) is 11.2 Å². The number of carboxylic acid groups (broad SMARTS) is 1. The minimum absolute atomic E-state index is 0.147. The second-order valence-electron chi connectivity index (χ2n) is 2.30. The number of hydrogen-bond acceptors (Lipinski definition) is 4. The first kappa shape index (κ1) is 9.27. The molecule has 0 saturated carbocycles. The number of halogens is 1. The Kier molecular flexibility index (Phi) is 2.34. The van der Waals surface area contributed by atoms with Crippen LogP contribution in [0.25, 0.3) is 0 Å². The van der Waals surface area contributed by atoms with Crippen molar-refractivity contribution < 1.29 is 19.5 Å². The molecule has 0 atom stereocenters. The van der Waals surface area contributed by atoms with E-state index in [2.05, 4.69) is 0 Å². The summed E-state index contributed by atoms with van der Waals surface area (Å²) < 4.78 is 12.8. The predicted molar refractivity (Wildman–Crippen MR) is 43.2 cm³/mol. The lowest BCUT2D eigenvalue weighted by molar-refractivity contribution is 0.0698. The summed E-state index contributed by atoms with van der Waals surface area (Å²) in [5.41, 5.74) is 5.63. The van der Waals surface area contributed by atoms with Gasteiger partial charge in [-0.3, -0.25) is 10.7 Å². The Morgan fingerprint density at radius 3 is 2.62 bits per heavy atom. The van der Waals surface area contributed by atoms with Gasteiger partial charge in [-0.05, 0) is 12.1 Å². The van der Waals surface area contributed by atoms with E-state index in [-0.39, 0.29) is 5.69 Å². The number of carboxylic acids is 1. The molecule has 0 saturated heterocycles. The summed E-state index contributed by atoms with van der Waals surface area (Å²) in [5, 5.41) is 17.1. The molecule has 1 rings (SSSR count). The van der Waals surface area contributed by atoms with Gasteiger partial charge in [0.2, 0.25) is 0 Å². The number of benzene rings is 1. The van der Waals surface area contributed by atoms with E-state index in [1.54, 1.807) is 5.48 Å². The number of nitrogens with one attached hydrogen (secondary N) is 1. The highest BCUT2D eigenvalue weighted by molar-refractivity contribution is 5.99. The lowest BCUT2D eigenvalue weighted by Gasteiger charge is -2.07. The average Bonchev–Trinajstić information content (AvgIpc) is 2.08. The van der Waals surface area contributed by atoms with Gasteiger partial charge in [0.15, 0.2) is 0 Å². The first-order valence-corrected chi connectivity index (χ1v) is 3.29. The summed E-state index contributed by atoms with van der Waals surface area (Å²) in [6.07, 6.45) is 0. The van der Waals surface area contributed by atoms with E-state index in [1.165, 1.54) is 0 Å². The molecule has 13 heavy (non-hydrogen) atoms. The maximum absolute atomic E-state index is 12.8. The predicted octanol–water partition coefficient (Wildman–Crippen LogP) is 0.907. The molecular formula is C7H7FN2O3. The number of hydrogen-bond donors (Lipinski definition) is 4. The van der Waals surface area contributed by atoms with Gasteiger partial charge in [-0.25, -0.2) is 9.18 Å². The Bertz CT molecular complexity index is 354. The number of carbonyl (C=O) groups is 1. The van der Waals surface area contributed by atoms with Gasteiger partial charge in [-0.2, -0.15) is 0 Å². The summed E-state index contributed by atoms with van der Waals surface area (Å²) in [4.78, 5) is 10.6. The van der Waals surface area contributed by atoms with Crippen molar-refractivity contribution >= 4 is 17.3 Å². The summed E-state index contributed by atoms with van der Waals surface area (Å²) in [6.45, 7) is 0. The molecule has 0 fully saturated rings. The zero-order valence-electron chi connectivity index (χ0n) is 6.41. The zero-order chi connectivity index (χ0) is 10.0. The highest BCUT2D eigenvalue weighted by Crippen LogP contribution is 2.24. The molecule has 0 aliphatic heterocycles. The molecule has 5 N–H and O–H groups in total. The van der Waals surface area contributed by atoms with Crippen LogP contribution in [0.1, 0.15) is 10.4 Å². The van der Waals surface area contributed by atoms with Crippen LogP contribution < -0.4 is 11.2 Å². The third-order valence-corrected chi connectivity index (χ3v) is 1.53. The Morgan fingerprint density at radius 1 is 1.54 bits per heavy atom. The molecule has 0 radical (unpaired) electrons. The minimum Gasteiger partial charge on any atom is -0.478 e. The molecule has 0 aliphatic carbocycles. The Balaban J connectivity index is 3.41. The Labute approximate surface area is 72.6 Å². The molecular weight excluding hydrogens is 179 g/mol. The molecule has 0 bridgehead atoms. The van der Waals surface area contributed by atoms with E-state index >= 15 is 0 Å². The summed E-state index contributed by atoms with van der Waals surface area (Å²) in [5.74, 6) is -2.25.